The molecular formula is C21H19BrClN3O8. The van der Waals surface area contributed by atoms with E-state index in [1.165, 1.54) is 31.4 Å². The van der Waals surface area contributed by atoms with Crippen LogP contribution in [0, 0.1) is 0 Å². The summed E-state index contributed by atoms with van der Waals surface area (Å²) >= 11 is 9.72. The average molecular weight is 557 g/mol. The summed E-state index contributed by atoms with van der Waals surface area (Å²) in [5.74, 6) is -1.54. The summed E-state index contributed by atoms with van der Waals surface area (Å²) < 4.78 is 21.1. The summed E-state index contributed by atoms with van der Waals surface area (Å²) in [6.07, 6.45) is 1.40. The van der Waals surface area contributed by atoms with Crippen LogP contribution in [-0.4, -0.2) is 49.0 Å². The van der Waals surface area contributed by atoms with Crippen molar-refractivity contribution in [3.8, 4) is 11.5 Å². The van der Waals surface area contributed by atoms with Crippen molar-refractivity contribution >= 4 is 57.4 Å². The zero-order valence-electron chi connectivity index (χ0n) is 18.0. The van der Waals surface area contributed by atoms with E-state index in [4.69, 9.17) is 31.2 Å². The number of hydrogen-bond donors (Lipinski definition) is 2. The first-order valence-corrected chi connectivity index (χ1v) is 10.9. The fourth-order valence-electron chi connectivity index (χ4n) is 2.95. The molecule has 2 heterocycles. The zero-order valence-corrected chi connectivity index (χ0v) is 20.3. The van der Waals surface area contributed by atoms with E-state index < -0.39 is 30.4 Å². The monoisotopic (exact) mass is 555 g/mol. The van der Waals surface area contributed by atoms with Crippen LogP contribution in [0.3, 0.4) is 0 Å². The van der Waals surface area contributed by atoms with Crippen LogP contribution >= 0.6 is 27.5 Å². The Morgan fingerprint density at radius 1 is 1.29 bits per heavy atom. The molecule has 1 aliphatic heterocycles. The van der Waals surface area contributed by atoms with Gasteiger partial charge in [0, 0.05) is 4.47 Å². The minimum Gasteiger partial charge on any atom is -0.490 e. The highest BCUT2D eigenvalue weighted by Crippen LogP contribution is 2.43. The lowest BCUT2D eigenvalue weighted by atomic mass is 10.1. The second-order valence-electron chi connectivity index (χ2n) is 6.75. The number of furan rings is 1. The summed E-state index contributed by atoms with van der Waals surface area (Å²) in [5.41, 5.74) is 5.50. The maximum absolute atomic E-state index is 12.9. The Balaban J connectivity index is 1.88. The first-order chi connectivity index (χ1) is 16.2. The highest BCUT2D eigenvalue weighted by atomic mass is 79.9. The fraction of sp³-hybridized carbons (Fsp3) is 0.238. The highest BCUT2D eigenvalue weighted by Gasteiger charge is 2.35. The molecule has 0 spiro atoms. The van der Waals surface area contributed by atoms with E-state index >= 15 is 0 Å². The molecule has 1 aromatic carbocycles. The van der Waals surface area contributed by atoms with Crippen molar-refractivity contribution in [1.82, 2.24) is 10.2 Å². The van der Waals surface area contributed by atoms with Crippen molar-refractivity contribution < 1.29 is 37.8 Å². The first-order valence-electron chi connectivity index (χ1n) is 9.73. The predicted octanol–water partition coefficient (Wildman–Crippen LogP) is 2.84. The van der Waals surface area contributed by atoms with Crippen molar-refractivity contribution in [2.75, 3.05) is 20.3 Å². The van der Waals surface area contributed by atoms with Gasteiger partial charge in [-0.15, -0.1) is 0 Å². The Bertz CT molecular complexity index is 1190. The molecule has 4 amide bonds. The van der Waals surface area contributed by atoms with Gasteiger partial charge in [-0.1, -0.05) is 11.6 Å². The second-order valence-corrected chi connectivity index (χ2v) is 7.92. The van der Waals surface area contributed by atoms with Crippen molar-refractivity contribution in [2.45, 2.75) is 13.5 Å². The first kappa shape index (κ1) is 25.1. The van der Waals surface area contributed by atoms with Crippen molar-refractivity contribution in [3.05, 3.63) is 50.5 Å². The molecule has 2 aromatic rings. The van der Waals surface area contributed by atoms with Crippen molar-refractivity contribution in [2.24, 2.45) is 5.73 Å². The van der Waals surface area contributed by atoms with Gasteiger partial charge in [-0.05, 0) is 52.7 Å². The molecule has 0 unspecified atom stereocenters. The minimum atomic E-state index is -0.699. The Hall–Kier alpha value is -3.51. The summed E-state index contributed by atoms with van der Waals surface area (Å²) in [5, 5.41) is 2.57. The van der Waals surface area contributed by atoms with Crippen LogP contribution in [-0.2, 0) is 20.9 Å². The number of hydrogen-bond acceptors (Lipinski definition) is 8. The number of benzene rings is 1. The lowest BCUT2D eigenvalue weighted by Gasteiger charge is -2.15. The fourth-order valence-corrected chi connectivity index (χ4v) is 3.62. The molecule has 1 aromatic heterocycles. The molecule has 13 heteroatoms. The van der Waals surface area contributed by atoms with Gasteiger partial charge in [0.25, 0.3) is 11.8 Å². The number of nitrogens with two attached hydrogens (primary N) is 1. The minimum absolute atomic E-state index is 0.0326. The van der Waals surface area contributed by atoms with Gasteiger partial charge in [-0.3, -0.25) is 14.5 Å². The number of rotatable bonds is 9. The lowest BCUT2D eigenvalue weighted by Crippen LogP contribution is -2.30. The number of methoxy groups -OCH3 is 1. The summed E-state index contributed by atoms with van der Waals surface area (Å²) in [7, 11) is 1.21. The van der Waals surface area contributed by atoms with Gasteiger partial charge in [-0.25, -0.2) is 9.59 Å². The summed E-state index contributed by atoms with van der Waals surface area (Å²) in [4.78, 5) is 48.8. The van der Waals surface area contributed by atoms with Gasteiger partial charge in [0.15, 0.2) is 18.1 Å². The molecule has 1 saturated heterocycles. The van der Waals surface area contributed by atoms with E-state index in [-0.39, 0.29) is 46.9 Å². The van der Waals surface area contributed by atoms with Gasteiger partial charge in [0.2, 0.25) is 5.76 Å². The number of carbonyl (C=O) groups is 4. The number of halogens is 2. The molecule has 11 nitrogen and oxygen atoms in total. The van der Waals surface area contributed by atoms with E-state index in [1.54, 1.807) is 6.92 Å². The molecule has 0 saturated carbocycles. The summed E-state index contributed by atoms with van der Waals surface area (Å²) in [6.45, 7) is 1.39. The Kier molecular flexibility index (Phi) is 7.84. The number of nitrogens with one attached hydrogen (secondary N) is 1. The van der Waals surface area contributed by atoms with Crippen LogP contribution in [0.5, 0.6) is 11.5 Å². The van der Waals surface area contributed by atoms with Gasteiger partial charge in [0.05, 0.1) is 20.3 Å². The van der Waals surface area contributed by atoms with E-state index in [2.05, 4.69) is 26.0 Å². The summed E-state index contributed by atoms with van der Waals surface area (Å²) in [6, 6.07) is 3.69. The topological polar surface area (TPSA) is 150 Å². The van der Waals surface area contributed by atoms with Crippen LogP contribution in [0.1, 0.15) is 28.8 Å². The number of amides is 4. The maximum Gasteiger partial charge on any atom is 0.373 e. The quantitative estimate of drug-likeness (QED) is 0.272. The number of esters is 1. The number of urea groups is 1. The smallest absolute Gasteiger partial charge is 0.373 e. The van der Waals surface area contributed by atoms with E-state index in [1.807, 2.05) is 0 Å². The Morgan fingerprint density at radius 3 is 2.68 bits per heavy atom. The number of primary amides is 1. The van der Waals surface area contributed by atoms with Crippen LogP contribution in [0.15, 0.2) is 32.8 Å². The molecule has 180 valence electrons. The van der Waals surface area contributed by atoms with Crippen LogP contribution < -0.4 is 20.5 Å². The van der Waals surface area contributed by atoms with E-state index in [0.29, 0.717) is 10.0 Å². The third-order valence-corrected chi connectivity index (χ3v) is 5.88. The highest BCUT2D eigenvalue weighted by molar-refractivity contribution is 9.10. The van der Waals surface area contributed by atoms with Gasteiger partial charge < -0.3 is 29.7 Å². The zero-order chi connectivity index (χ0) is 25.0. The van der Waals surface area contributed by atoms with Gasteiger partial charge in [-0.2, -0.15) is 0 Å². The molecule has 1 fully saturated rings. The Morgan fingerprint density at radius 2 is 2.03 bits per heavy atom. The predicted molar refractivity (Wildman–Crippen MR) is 122 cm³/mol. The number of imide groups is 1. The average Bonchev–Trinajstić information content (AvgIpc) is 3.37. The number of carbonyl (C=O) groups excluding carboxylic acids is 4. The van der Waals surface area contributed by atoms with Crippen molar-refractivity contribution in [3.63, 3.8) is 0 Å². The number of ether oxygens (including phenoxy) is 3. The van der Waals surface area contributed by atoms with Crippen LogP contribution in [0.2, 0.25) is 5.02 Å². The van der Waals surface area contributed by atoms with Gasteiger partial charge in [0.1, 0.15) is 16.5 Å². The Labute approximate surface area is 206 Å². The normalized spacial score (nSPS) is 14.4. The molecular weight excluding hydrogens is 538 g/mol. The standard InChI is InChI=1S/C21H19BrClN3O8/c1-3-32-14-7-10(16(22)17(23)18(14)33-9-15(24)27)6-12-19(28)26(21(30)25-12)8-11-4-5-13(34-11)20(29)31-2/h4-7H,3,8-9H2,1-2H3,(H2,24,27)(H,25,30)/b12-6-. The molecule has 3 N–H and O–H groups in total. The number of nitrogens with zero attached hydrogens (tertiary/aromatic N) is 1. The van der Waals surface area contributed by atoms with Crippen LogP contribution in [0.4, 0.5) is 4.79 Å². The van der Waals surface area contributed by atoms with Gasteiger partial charge >= 0.3 is 12.0 Å². The molecule has 34 heavy (non-hydrogen) atoms. The molecule has 0 aliphatic carbocycles. The molecule has 0 radical (unpaired) electrons. The molecule has 0 bridgehead atoms. The third kappa shape index (κ3) is 5.34. The third-order valence-electron chi connectivity index (χ3n) is 4.44. The molecule has 3 rings (SSSR count). The largest absolute Gasteiger partial charge is 0.490 e. The molecule has 0 atom stereocenters. The lowest BCUT2D eigenvalue weighted by molar-refractivity contribution is -0.123. The van der Waals surface area contributed by atoms with E-state index in [9.17, 15) is 19.2 Å². The molecule has 1 aliphatic rings. The van der Waals surface area contributed by atoms with E-state index in [0.717, 1.165) is 4.90 Å². The van der Waals surface area contributed by atoms with Crippen molar-refractivity contribution in [1.29, 1.82) is 0 Å². The van der Waals surface area contributed by atoms with Crippen LogP contribution in [0.25, 0.3) is 6.08 Å². The maximum atomic E-state index is 12.9. The SMILES string of the molecule is CCOc1cc(/C=C2\NC(=O)N(Cc3ccc(C(=O)OC)o3)C2=O)c(Br)c(Cl)c1OCC(N)=O. The second kappa shape index (κ2) is 10.6.